The molecule has 0 heteroatoms. The molecule has 1 aliphatic rings. The summed E-state index contributed by atoms with van der Waals surface area (Å²) in [7, 11) is 0. The van der Waals surface area contributed by atoms with E-state index in [9.17, 15) is 0 Å². The van der Waals surface area contributed by atoms with Gasteiger partial charge in [0, 0.05) is 0 Å². The second kappa shape index (κ2) is 4.30. The molecule has 0 nitrogen and oxygen atoms in total. The predicted molar refractivity (Wildman–Crippen MR) is 59.8 cm³/mol. The molecule has 0 atom stereocenters. The summed E-state index contributed by atoms with van der Waals surface area (Å²) in [5, 5.41) is 0. The van der Waals surface area contributed by atoms with E-state index >= 15 is 0 Å². The van der Waals surface area contributed by atoms with Gasteiger partial charge in [-0.15, -0.1) is 0 Å². The van der Waals surface area contributed by atoms with Gasteiger partial charge in [0.15, 0.2) is 0 Å². The first-order valence-electron chi connectivity index (χ1n) is 5.79. The van der Waals surface area contributed by atoms with E-state index in [2.05, 4.69) is 27.4 Å². The molecule has 0 saturated heterocycles. The molecule has 0 aliphatic heterocycles. The molecule has 1 rings (SSSR count). The summed E-state index contributed by atoms with van der Waals surface area (Å²) in [6, 6.07) is 0. The highest BCUT2D eigenvalue weighted by molar-refractivity contribution is 5.07. The Hall–Kier alpha value is -0.260. The third-order valence-corrected chi connectivity index (χ3v) is 3.87. The summed E-state index contributed by atoms with van der Waals surface area (Å²) in [6.45, 7) is 10.9. The van der Waals surface area contributed by atoms with Gasteiger partial charge in [-0.05, 0) is 37.5 Å². The van der Waals surface area contributed by atoms with E-state index in [4.69, 9.17) is 0 Å². The topological polar surface area (TPSA) is 0 Å². The predicted octanol–water partition coefficient (Wildman–Crippen LogP) is 4.56. The maximum absolute atomic E-state index is 4.06. The second-order valence-corrected chi connectivity index (χ2v) is 4.91. The third kappa shape index (κ3) is 2.36. The molecule has 13 heavy (non-hydrogen) atoms. The van der Waals surface area contributed by atoms with Crippen LogP contribution in [0.15, 0.2) is 12.2 Å². The molecular formula is C13H24. The van der Waals surface area contributed by atoms with Crippen LogP contribution in [0.5, 0.6) is 0 Å². The summed E-state index contributed by atoms with van der Waals surface area (Å²) in [5.41, 5.74) is 2.11. The molecule has 0 spiro atoms. The Balaban J connectivity index is 2.35. The Bertz CT molecular complexity index is 172. The number of hydrogen-bond donors (Lipinski definition) is 0. The molecule has 0 radical (unpaired) electrons. The van der Waals surface area contributed by atoms with Crippen LogP contribution in [0.1, 0.15) is 59.3 Å². The smallest absolute Gasteiger partial charge is 0.0198 e. The fraction of sp³-hybridized carbons (Fsp3) is 0.846. The van der Waals surface area contributed by atoms with Crippen molar-refractivity contribution in [3.63, 3.8) is 0 Å². The lowest BCUT2D eigenvalue weighted by Gasteiger charge is -2.48. The molecule has 0 aromatic rings. The molecule has 76 valence electrons. The fourth-order valence-corrected chi connectivity index (χ4v) is 2.56. The average molecular weight is 180 g/mol. The van der Waals surface area contributed by atoms with Crippen LogP contribution in [-0.2, 0) is 0 Å². The van der Waals surface area contributed by atoms with E-state index in [1.807, 2.05) is 0 Å². The lowest BCUT2D eigenvalue weighted by molar-refractivity contribution is 0.0584. The zero-order chi connectivity index (χ0) is 9.90. The fourth-order valence-electron chi connectivity index (χ4n) is 2.56. The maximum atomic E-state index is 4.06. The Kier molecular flexibility index (Phi) is 3.58. The summed E-state index contributed by atoms with van der Waals surface area (Å²) in [4.78, 5) is 0. The molecule has 1 saturated carbocycles. The number of unbranched alkanes of at least 4 members (excludes halogenated alkanes) is 1. The molecule has 1 aliphatic carbocycles. The van der Waals surface area contributed by atoms with Gasteiger partial charge in [0.25, 0.3) is 0 Å². The highest BCUT2D eigenvalue weighted by atomic mass is 14.5. The first kappa shape index (κ1) is 10.8. The van der Waals surface area contributed by atoms with E-state index in [1.165, 1.54) is 44.1 Å². The SMILES string of the molecule is C=C(C)C1CC(CC)(CCCC)C1. The van der Waals surface area contributed by atoms with Gasteiger partial charge in [-0.2, -0.15) is 0 Å². The minimum atomic E-state index is 0.708. The van der Waals surface area contributed by atoms with E-state index in [1.54, 1.807) is 0 Å². The number of rotatable bonds is 5. The molecule has 1 fully saturated rings. The van der Waals surface area contributed by atoms with Gasteiger partial charge in [-0.25, -0.2) is 0 Å². The van der Waals surface area contributed by atoms with Crippen molar-refractivity contribution in [3.05, 3.63) is 12.2 Å². The van der Waals surface area contributed by atoms with Crippen LogP contribution in [-0.4, -0.2) is 0 Å². The van der Waals surface area contributed by atoms with E-state index in [0.717, 1.165) is 5.92 Å². The van der Waals surface area contributed by atoms with Crippen LogP contribution in [0.3, 0.4) is 0 Å². The molecule has 0 heterocycles. The molecule has 0 aromatic carbocycles. The number of hydrogen-bond acceptors (Lipinski definition) is 0. The van der Waals surface area contributed by atoms with E-state index in [-0.39, 0.29) is 0 Å². The van der Waals surface area contributed by atoms with Gasteiger partial charge in [-0.1, -0.05) is 45.3 Å². The van der Waals surface area contributed by atoms with Crippen LogP contribution >= 0.6 is 0 Å². The molecule has 0 unspecified atom stereocenters. The van der Waals surface area contributed by atoms with Crippen molar-refractivity contribution in [2.24, 2.45) is 11.3 Å². The van der Waals surface area contributed by atoms with Gasteiger partial charge in [0.1, 0.15) is 0 Å². The van der Waals surface area contributed by atoms with E-state index in [0.29, 0.717) is 5.41 Å². The van der Waals surface area contributed by atoms with Gasteiger partial charge in [-0.3, -0.25) is 0 Å². The third-order valence-electron chi connectivity index (χ3n) is 3.87. The second-order valence-electron chi connectivity index (χ2n) is 4.91. The molecule has 0 bridgehead atoms. The highest BCUT2D eigenvalue weighted by Gasteiger charge is 2.41. The van der Waals surface area contributed by atoms with Crippen molar-refractivity contribution >= 4 is 0 Å². The van der Waals surface area contributed by atoms with Crippen LogP contribution < -0.4 is 0 Å². The zero-order valence-corrected chi connectivity index (χ0v) is 9.53. The zero-order valence-electron chi connectivity index (χ0n) is 9.53. The molecule has 0 aromatic heterocycles. The Morgan fingerprint density at radius 1 is 1.38 bits per heavy atom. The van der Waals surface area contributed by atoms with Crippen LogP contribution in [0, 0.1) is 11.3 Å². The minimum Gasteiger partial charge on any atom is -0.0999 e. The van der Waals surface area contributed by atoms with Crippen molar-refractivity contribution in [3.8, 4) is 0 Å². The first-order chi connectivity index (χ1) is 6.13. The van der Waals surface area contributed by atoms with Gasteiger partial charge in [0.05, 0.1) is 0 Å². The summed E-state index contributed by atoms with van der Waals surface area (Å²) in [5.74, 6) is 0.844. The Labute approximate surface area is 83.4 Å². The highest BCUT2D eigenvalue weighted by Crippen LogP contribution is 2.53. The monoisotopic (exact) mass is 180 g/mol. The largest absolute Gasteiger partial charge is 0.0999 e. The van der Waals surface area contributed by atoms with Crippen molar-refractivity contribution in [2.45, 2.75) is 59.3 Å². The summed E-state index contributed by atoms with van der Waals surface area (Å²) in [6.07, 6.45) is 8.41. The maximum Gasteiger partial charge on any atom is -0.0198 e. The first-order valence-corrected chi connectivity index (χ1v) is 5.79. The van der Waals surface area contributed by atoms with Crippen LogP contribution in [0.25, 0.3) is 0 Å². The minimum absolute atomic E-state index is 0.708. The Morgan fingerprint density at radius 3 is 2.38 bits per heavy atom. The van der Waals surface area contributed by atoms with Crippen molar-refractivity contribution in [1.82, 2.24) is 0 Å². The van der Waals surface area contributed by atoms with Crippen molar-refractivity contribution in [1.29, 1.82) is 0 Å². The van der Waals surface area contributed by atoms with E-state index < -0.39 is 0 Å². The average Bonchev–Trinajstić information content (AvgIpc) is 2.03. The quantitative estimate of drug-likeness (QED) is 0.544. The van der Waals surface area contributed by atoms with Crippen LogP contribution in [0.2, 0.25) is 0 Å². The molecule has 0 N–H and O–H groups in total. The van der Waals surface area contributed by atoms with Crippen molar-refractivity contribution < 1.29 is 0 Å². The van der Waals surface area contributed by atoms with Gasteiger partial charge < -0.3 is 0 Å². The summed E-state index contributed by atoms with van der Waals surface area (Å²) < 4.78 is 0. The lowest BCUT2D eigenvalue weighted by atomic mass is 9.57. The standard InChI is InChI=1S/C13H24/c1-5-7-8-13(6-2)9-12(10-13)11(3)4/h12H,3,5-10H2,1-2,4H3. The Morgan fingerprint density at radius 2 is 2.00 bits per heavy atom. The lowest BCUT2D eigenvalue weighted by Crippen LogP contribution is -2.37. The van der Waals surface area contributed by atoms with Crippen molar-refractivity contribution in [2.75, 3.05) is 0 Å². The molecular weight excluding hydrogens is 156 g/mol. The normalized spacial score (nSPS) is 32.7. The van der Waals surface area contributed by atoms with Gasteiger partial charge in [0.2, 0.25) is 0 Å². The number of allylic oxidation sites excluding steroid dienone is 1. The van der Waals surface area contributed by atoms with Crippen LogP contribution in [0.4, 0.5) is 0 Å². The molecule has 0 amide bonds. The van der Waals surface area contributed by atoms with Gasteiger partial charge >= 0.3 is 0 Å². The summed E-state index contributed by atoms with van der Waals surface area (Å²) >= 11 is 0.